The molecule has 0 aliphatic heterocycles. The fraction of sp³-hybridized carbons (Fsp3) is 0.519. The predicted molar refractivity (Wildman–Crippen MR) is 135 cm³/mol. The highest BCUT2D eigenvalue weighted by molar-refractivity contribution is 6.00. The van der Waals surface area contributed by atoms with Gasteiger partial charge in [-0.1, -0.05) is 45.9 Å². The van der Waals surface area contributed by atoms with Crippen molar-refractivity contribution in [2.75, 3.05) is 11.9 Å². The number of carbonyl (C=O) groups is 3. The second-order valence-corrected chi connectivity index (χ2v) is 11.6. The van der Waals surface area contributed by atoms with Crippen LogP contribution in [0.1, 0.15) is 94.5 Å². The van der Waals surface area contributed by atoms with Crippen LogP contribution in [-0.2, 0) is 20.4 Å². The number of alkyl carbamates (subject to hydrolysis) is 1. The van der Waals surface area contributed by atoms with Gasteiger partial charge in [0, 0.05) is 13.2 Å². The fourth-order valence-electron chi connectivity index (χ4n) is 4.52. The number of fused-ring (bicyclic) bond motifs is 1. The van der Waals surface area contributed by atoms with Crippen LogP contribution < -0.4 is 10.2 Å². The molecular formula is C27H37N3O5. The number of aromatic amines is 1. The lowest BCUT2D eigenvalue weighted by Gasteiger charge is -2.42. The van der Waals surface area contributed by atoms with Crippen molar-refractivity contribution in [3.63, 3.8) is 0 Å². The SMILES string of the molecule is CN(C(=O)C(NC(=O)OC(C)(C)C)c1ccc2c(c1)C(C)(C)CCC2(C)C)c1c[nH]c(C(=O)O)c1. The minimum absolute atomic E-state index is 0.0105. The Labute approximate surface area is 207 Å². The zero-order valence-electron chi connectivity index (χ0n) is 21.9. The maximum Gasteiger partial charge on any atom is 0.408 e. The van der Waals surface area contributed by atoms with Gasteiger partial charge < -0.3 is 25.0 Å². The van der Waals surface area contributed by atoms with Crippen LogP contribution in [0.4, 0.5) is 10.5 Å². The van der Waals surface area contributed by atoms with Gasteiger partial charge in [-0.15, -0.1) is 0 Å². The summed E-state index contributed by atoms with van der Waals surface area (Å²) in [4.78, 5) is 41.7. The van der Waals surface area contributed by atoms with Crippen molar-refractivity contribution >= 4 is 23.7 Å². The quantitative estimate of drug-likeness (QED) is 0.535. The third-order valence-electron chi connectivity index (χ3n) is 6.73. The van der Waals surface area contributed by atoms with E-state index in [4.69, 9.17) is 4.74 Å². The summed E-state index contributed by atoms with van der Waals surface area (Å²) in [7, 11) is 1.55. The molecule has 1 aromatic heterocycles. The zero-order chi connectivity index (χ0) is 26.3. The molecule has 1 atom stereocenters. The van der Waals surface area contributed by atoms with Gasteiger partial charge in [-0.05, 0) is 67.2 Å². The van der Waals surface area contributed by atoms with E-state index >= 15 is 0 Å². The van der Waals surface area contributed by atoms with E-state index in [1.54, 1.807) is 27.8 Å². The van der Waals surface area contributed by atoms with Crippen molar-refractivity contribution in [3.05, 3.63) is 52.8 Å². The normalized spacial score (nSPS) is 17.1. The van der Waals surface area contributed by atoms with Gasteiger partial charge in [-0.25, -0.2) is 9.59 Å². The molecule has 1 aliphatic carbocycles. The van der Waals surface area contributed by atoms with Crippen LogP contribution in [0, 0.1) is 0 Å². The maximum absolute atomic E-state index is 13.7. The number of anilines is 1. The Balaban J connectivity index is 2.04. The van der Waals surface area contributed by atoms with Gasteiger partial charge in [0.05, 0.1) is 5.69 Å². The molecule has 1 heterocycles. The summed E-state index contributed by atoms with van der Waals surface area (Å²) in [6, 6.07) is 6.31. The number of ether oxygens (including phenoxy) is 1. The predicted octanol–water partition coefficient (Wildman–Crippen LogP) is 5.29. The molecule has 2 aromatic rings. The maximum atomic E-state index is 13.7. The molecule has 8 heteroatoms. The highest BCUT2D eigenvalue weighted by Gasteiger charge is 2.38. The number of benzene rings is 1. The second kappa shape index (κ2) is 9.06. The van der Waals surface area contributed by atoms with Gasteiger partial charge in [0.15, 0.2) is 0 Å². The molecule has 2 amide bonds. The molecule has 35 heavy (non-hydrogen) atoms. The molecule has 190 valence electrons. The average Bonchev–Trinajstić information content (AvgIpc) is 3.23. The van der Waals surface area contributed by atoms with Crippen molar-refractivity contribution in [2.24, 2.45) is 0 Å². The number of nitrogens with one attached hydrogen (secondary N) is 2. The van der Waals surface area contributed by atoms with Gasteiger partial charge in [-0.2, -0.15) is 0 Å². The molecule has 0 radical (unpaired) electrons. The summed E-state index contributed by atoms with van der Waals surface area (Å²) in [6.45, 7) is 14.1. The third-order valence-corrected chi connectivity index (χ3v) is 6.73. The fourth-order valence-corrected chi connectivity index (χ4v) is 4.52. The van der Waals surface area contributed by atoms with Crippen LogP contribution in [0.3, 0.4) is 0 Å². The Morgan fingerprint density at radius 3 is 2.20 bits per heavy atom. The summed E-state index contributed by atoms with van der Waals surface area (Å²) < 4.78 is 5.44. The number of aromatic carboxylic acids is 1. The van der Waals surface area contributed by atoms with Crippen LogP contribution >= 0.6 is 0 Å². The molecule has 3 N–H and O–H groups in total. The number of nitrogens with zero attached hydrogens (tertiary/aromatic N) is 1. The first-order valence-corrected chi connectivity index (χ1v) is 11.9. The number of likely N-dealkylation sites (N-methyl/N-ethyl adjacent to an activating group) is 1. The minimum atomic E-state index is -1.12. The molecule has 0 fully saturated rings. The zero-order valence-corrected chi connectivity index (χ0v) is 21.9. The van der Waals surface area contributed by atoms with E-state index in [2.05, 4.69) is 44.1 Å². The monoisotopic (exact) mass is 483 g/mol. The number of aromatic nitrogens is 1. The summed E-state index contributed by atoms with van der Waals surface area (Å²) in [5.74, 6) is -1.54. The van der Waals surface area contributed by atoms with E-state index in [0.717, 1.165) is 18.4 Å². The number of amides is 2. The summed E-state index contributed by atoms with van der Waals surface area (Å²) >= 11 is 0. The standard InChI is InChI=1S/C27H37N3O5/c1-25(2,3)35-24(34)29-21(22(31)30(8)17-14-20(23(32)33)28-15-17)16-9-10-18-19(13-16)27(6,7)12-11-26(18,4)5/h9-10,13-15,21,28H,11-12H2,1-8H3,(H,29,34)(H,32,33). The lowest BCUT2D eigenvalue weighted by atomic mass is 9.63. The molecular weight excluding hydrogens is 446 g/mol. The molecule has 0 saturated carbocycles. The number of rotatable bonds is 5. The lowest BCUT2D eigenvalue weighted by molar-refractivity contribution is -0.120. The van der Waals surface area contributed by atoms with Gasteiger partial charge in [0.1, 0.15) is 17.3 Å². The molecule has 1 aliphatic rings. The molecule has 1 aromatic carbocycles. The number of carboxylic acids is 1. The average molecular weight is 484 g/mol. The number of hydrogen-bond donors (Lipinski definition) is 3. The van der Waals surface area contributed by atoms with E-state index in [0.29, 0.717) is 11.3 Å². The Bertz CT molecular complexity index is 1140. The lowest BCUT2D eigenvalue weighted by Crippen LogP contribution is -2.43. The third kappa shape index (κ3) is 5.69. The number of hydrogen-bond acceptors (Lipinski definition) is 4. The highest BCUT2D eigenvalue weighted by atomic mass is 16.6. The van der Waals surface area contributed by atoms with Crippen molar-refractivity contribution in [1.29, 1.82) is 0 Å². The van der Waals surface area contributed by atoms with E-state index in [1.165, 1.54) is 22.7 Å². The highest BCUT2D eigenvalue weighted by Crippen LogP contribution is 2.46. The molecule has 0 saturated heterocycles. The van der Waals surface area contributed by atoms with Gasteiger partial charge in [0.25, 0.3) is 5.91 Å². The second-order valence-electron chi connectivity index (χ2n) is 11.6. The van der Waals surface area contributed by atoms with E-state index in [9.17, 15) is 19.5 Å². The van der Waals surface area contributed by atoms with Gasteiger partial charge >= 0.3 is 12.1 Å². The minimum Gasteiger partial charge on any atom is -0.477 e. The first-order chi connectivity index (χ1) is 16.0. The van der Waals surface area contributed by atoms with Crippen LogP contribution in [0.5, 0.6) is 0 Å². The number of carboxylic acid groups (broad SMARTS) is 1. The molecule has 3 rings (SSSR count). The van der Waals surface area contributed by atoms with Crippen molar-refractivity contribution in [3.8, 4) is 0 Å². The number of carbonyl (C=O) groups excluding carboxylic acids is 2. The first kappa shape index (κ1) is 26.3. The van der Waals surface area contributed by atoms with Gasteiger partial charge in [0.2, 0.25) is 0 Å². The van der Waals surface area contributed by atoms with E-state index < -0.39 is 29.6 Å². The van der Waals surface area contributed by atoms with Crippen LogP contribution in [0.2, 0.25) is 0 Å². The van der Waals surface area contributed by atoms with Crippen molar-refractivity contribution in [1.82, 2.24) is 10.3 Å². The topological polar surface area (TPSA) is 112 Å². The largest absolute Gasteiger partial charge is 0.477 e. The molecule has 0 bridgehead atoms. The number of H-pyrrole nitrogens is 1. The molecule has 0 spiro atoms. The van der Waals surface area contributed by atoms with Crippen molar-refractivity contribution < 1.29 is 24.2 Å². The van der Waals surface area contributed by atoms with Crippen LogP contribution in [0.15, 0.2) is 30.5 Å². The summed E-state index contributed by atoms with van der Waals surface area (Å²) in [5, 5.41) is 12.0. The summed E-state index contributed by atoms with van der Waals surface area (Å²) in [6.07, 6.45) is 2.81. The van der Waals surface area contributed by atoms with E-state index in [-0.39, 0.29) is 16.5 Å². The summed E-state index contributed by atoms with van der Waals surface area (Å²) in [5.41, 5.74) is 2.59. The van der Waals surface area contributed by atoms with Crippen molar-refractivity contribution in [2.45, 2.75) is 83.8 Å². The Morgan fingerprint density at radius 1 is 1.06 bits per heavy atom. The van der Waals surface area contributed by atoms with Gasteiger partial charge in [-0.3, -0.25) is 4.79 Å². The smallest absolute Gasteiger partial charge is 0.408 e. The van der Waals surface area contributed by atoms with E-state index in [1.807, 2.05) is 12.1 Å². The first-order valence-electron chi connectivity index (χ1n) is 11.9. The Hall–Kier alpha value is -3.29. The Kier molecular flexibility index (Phi) is 6.81. The van der Waals surface area contributed by atoms with Crippen LogP contribution in [0.25, 0.3) is 0 Å². The van der Waals surface area contributed by atoms with Crippen LogP contribution in [-0.4, -0.2) is 40.7 Å². The molecule has 1 unspecified atom stereocenters. The Morgan fingerprint density at radius 2 is 1.66 bits per heavy atom. The molecule has 8 nitrogen and oxygen atoms in total.